The highest BCUT2D eigenvalue weighted by Gasteiger charge is 2.04. The van der Waals surface area contributed by atoms with Crippen LogP contribution in [0.25, 0.3) is 0 Å². The lowest BCUT2D eigenvalue weighted by Crippen LogP contribution is -2.47. The molecule has 0 rings (SSSR count). The second-order valence-electron chi connectivity index (χ2n) is 1.55. The smallest absolute Gasteiger partial charge is 0.275 e. The zero-order valence-electron chi connectivity index (χ0n) is 5.37. The SMILES string of the molecule is N#CCCN(N)C(=O)NN. The fourth-order valence-electron chi connectivity index (χ4n) is 0.355. The molecule has 0 radical (unpaired) electrons. The van der Waals surface area contributed by atoms with E-state index in [1.165, 1.54) is 0 Å². The Bertz CT molecular complexity index is 150. The van der Waals surface area contributed by atoms with Crippen LogP contribution in [0.4, 0.5) is 4.79 Å². The van der Waals surface area contributed by atoms with Gasteiger partial charge in [-0.05, 0) is 0 Å². The summed E-state index contributed by atoms with van der Waals surface area (Å²) in [5.74, 6) is 9.84. The van der Waals surface area contributed by atoms with Gasteiger partial charge in [-0.3, -0.25) is 10.4 Å². The first-order valence-corrected chi connectivity index (χ1v) is 2.62. The highest BCUT2D eigenvalue weighted by molar-refractivity contribution is 5.72. The maximum Gasteiger partial charge on any atom is 0.345 e. The molecule has 0 aromatic heterocycles. The predicted molar refractivity (Wildman–Crippen MR) is 33.8 cm³/mol. The third-order valence-corrected chi connectivity index (χ3v) is 0.849. The summed E-state index contributed by atoms with van der Waals surface area (Å²) in [6.45, 7) is 0.180. The van der Waals surface area contributed by atoms with Gasteiger partial charge < -0.3 is 0 Å². The molecule has 56 valence electrons. The van der Waals surface area contributed by atoms with E-state index in [9.17, 15) is 4.79 Å². The minimum absolute atomic E-state index is 0.180. The molecule has 6 heteroatoms. The molecule has 0 aromatic rings. The quantitative estimate of drug-likeness (QED) is 0.252. The average Bonchev–Trinajstić information content (AvgIpc) is 1.98. The molecule has 0 atom stereocenters. The van der Waals surface area contributed by atoms with Crippen molar-refractivity contribution in [3.05, 3.63) is 0 Å². The highest BCUT2D eigenvalue weighted by atomic mass is 16.2. The van der Waals surface area contributed by atoms with Crippen molar-refractivity contribution in [3.8, 4) is 6.07 Å². The number of carbonyl (C=O) groups excluding carboxylic acids is 1. The van der Waals surface area contributed by atoms with E-state index in [1.54, 1.807) is 0 Å². The van der Waals surface area contributed by atoms with E-state index < -0.39 is 6.03 Å². The molecule has 0 spiro atoms. The Kier molecular flexibility index (Phi) is 3.95. The summed E-state index contributed by atoms with van der Waals surface area (Å²) in [5.41, 5.74) is 1.83. The molecule has 10 heavy (non-hydrogen) atoms. The van der Waals surface area contributed by atoms with Gasteiger partial charge >= 0.3 is 6.03 Å². The molecule has 0 saturated carbocycles. The minimum atomic E-state index is -0.602. The van der Waals surface area contributed by atoms with Gasteiger partial charge in [-0.25, -0.2) is 16.5 Å². The lowest BCUT2D eigenvalue weighted by atomic mass is 10.5. The van der Waals surface area contributed by atoms with Crippen LogP contribution in [0.2, 0.25) is 0 Å². The van der Waals surface area contributed by atoms with Crippen molar-refractivity contribution < 1.29 is 4.79 Å². The van der Waals surface area contributed by atoms with Gasteiger partial charge in [-0.2, -0.15) is 5.26 Å². The molecule has 0 bridgehead atoms. The number of urea groups is 1. The van der Waals surface area contributed by atoms with Gasteiger partial charge in [0.25, 0.3) is 0 Å². The molecule has 0 unspecified atom stereocenters. The average molecular weight is 143 g/mol. The van der Waals surface area contributed by atoms with Crippen molar-refractivity contribution in [2.24, 2.45) is 11.7 Å². The largest absolute Gasteiger partial charge is 0.345 e. The van der Waals surface area contributed by atoms with Crippen molar-refractivity contribution in [1.29, 1.82) is 5.26 Å². The lowest BCUT2D eigenvalue weighted by Gasteiger charge is -2.12. The lowest BCUT2D eigenvalue weighted by molar-refractivity contribution is 0.200. The summed E-state index contributed by atoms with van der Waals surface area (Å²) in [7, 11) is 0. The standard InChI is InChI=1S/C4H9N5O/c5-2-1-3-9(7)4(10)8-6/h1,3,6-7H2,(H,8,10). The normalized spacial score (nSPS) is 8.10. The Morgan fingerprint density at radius 3 is 2.80 bits per heavy atom. The van der Waals surface area contributed by atoms with E-state index in [2.05, 4.69) is 0 Å². The Hall–Kier alpha value is -1.32. The van der Waals surface area contributed by atoms with E-state index in [1.807, 2.05) is 11.5 Å². The first-order valence-electron chi connectivity index (χ1n) is 2.62. The van der Waals surface area contributed by atoms with E-state index in [4.69, 9.17) is 16.9 Å². The molecule has 6 nitrogen and oxygen atoms in total. The molecular weight excluding hydrogens is 134 g/mol. The van der Waals surface area contributed by atoms with Crippen LogP contribution in [0.3, 0.4) is 0 Å². The van der Waals surface area contributed by atoms with E-state index in [0.717, 1.165) is 5.01 Å². The predicted octanol–water partition coefficient (Wildman–Crippen LogP) is -1.34. The number of hydrogen-bond donors (Lipinski definition) is 3. The number of rotatable bonds is 2. The first kappa shape index (κ1) is 8.68. The molecule has 0 fully saturated rings. The first-order chi connectivity index (χ1) is 4.72. The highest BCUT2D eigenvalue weighted by Crippen LogP contribution is 1.81. The molecule has 0 aromatic carbocycles. The van der Waals surface area contributed by atoms with Gasteiger partial charge in [-0.1, -0.05) is 0 Å². The summed E-state index contributed by atoms with van der Waals surface area (Å²) in [5, 5.41) is 8.91. The third-order valence-electron chi connectivity index (χ3n) is 0.849. The van der Waals surface area contributed by atoms with Crippen molar-refractivity contribution >= 4 is 6.03 Å². The van der Waals surface area contributed by atoms with Crippen LogP contribution in [0, 0.1) is 11.3 Å². The fraction of sp³-hybridized carbons (Fsp3) is 0.500. The van der Waals surface area contributed by atoms with Crippen molar-refractivity contribution in [2.75, 3.05) is 6.54 Å². The van der Waals surface area contributed by atoms with E-state index in [-0.39, 0.29) is 13.0 Å². The van der Waals surface area contributed by atoms with Gasteiger partial charge in [0.1, 0.15) is 0 Å². The second kappa shape index (κ2) is 4.55. The Morgan fingerprint density at radius 2 is 2.40 bits per heavy atom. The zero-order valence-corrected chi connectivity index (χ0v) is 5.37. The van der Waals surface area contributed by atoms with Crippen LogP contribution in [0.5, 0.6) is 0 Å². The zero-order chi connectivity index (χ0) is 7.98. The number of hydrogen-bond acceptors (Lipinski definition) is 4. The molecule has 0 aliphatic heterocycles. The van der Waals surface area contributed by atoms with Crippen LogP contribution in [-0.2, 0) is 0 Å². The van der Waals surface area contributed by atoms with Gasteiger partial charge in [0.2, 0.25) is 0 Å². The molecule has 0 aliphatic carbocycles. The number of nitrogens with one attached hydrogen (secondary N) is 1. The molecule has 0 heterocycles. The molecular formula is C4H9N5O. The number of nitriles is 1. The van der Waals surface area contributed by atoms with Crippen LogP contribution >= 0.6 is 0 Å². The van der Waals surface area contributed by atoms with E-state index >= 15 is 0 Å². The molecule has 0 saturated heterocycles. The van der Waals surface area contributed by atoms with Crippen LogP contribution < -0.4 is 17.1 Å². The Morgan fingerprint density at radius 1 is 1.80 bits per heavy atom. The monoisotopic (exact) mass is 143 g/mol. The second-order valence-corrected chi connectivity index (χ2v) is 1.55. The van der Waals surface area contributed by atoms with Gasteiger partial charge in [-0.15, -0.1) is 0 Å². The molecule has 0 aliphatic rings. The van der Waals surface area contributed by atoms with Crippen molar-refractivity contribution in [3.63, 3.8) is 0 Å². The van der Waals surface area contributed by atoms with Gasteiger partial charge in [0.05, 0.1) is 19.0 Å². The van der Waals surface area contributed by atoms with Crippen molar-refractivity contribution in [1.82, 2.24) is 10.4 Å². The minimum Gasteiger partial charge on any atom is -0.275 e. The fourth-order valence-corrected chi connectivity index (χ4v) is 0.355. The Balaban J connectivity index is 3.53. The molecule has 2 amide bonds. The number of nitrogens with zero attached hydrogens (tertiary/aromatic N) is 2. The third kappa shape index (κ3) is 2.86. The summed E-state index contributed by atoms with van der Waals surface area (Å²) in [6, 6.07) is 1.23. The number of amides is 2. The molecule has 5 N–H and O–H groups in total. The number of hydrazine groups is 2. The number of nitrogens with two attached hydrogens (primary N) is 2. The van der Waals surface area contributed by atoms with Crippen LogP contribution in [0.15, 0.2) is 0 Å². The number of carbonyl (C=O) groups is 1. The topological polar surface area (TPSA) is 108 Å². The summed E-state index contributed by atoms with van der Waals surface area (Å²) < 4.78 is 0. The van der Waals surface area contributed by atoms with Crippen molar-refractivity contribution in [2.45, 2.75) is 6.42 Å². The Labute approximate surface area is 58.3 Å². The maximum atomic E-state index is 10.5. The summed E-state index contributed by atoms with van der Waals surface area (Å²) in [4.78, 5) is 10.5. The van der Waals surface area contributed by atoms with Crippen LogP contribution in [0.1, 0.15) is 6.42 Å². The maximum absolute atomic E-state index is 10.5. The summed E-state index contributed by atoms with van der Waals surface area (Å²) in [6.07, 6.45) is 0.198. The van der Waals surface area contributed by atoms with Crippen LogP contribution in [-0.4, -0.2) is 17.6 Å². The van der Waals surface area contributed by atoms with Gasteiger partial charge in [0.15, 0.2) is 0 Å². The summed E-state index contributed by atoms with van der Waals surface area (Å²) >= 11 is 0. The van der Waals surface area contributed by atoms with Gasteiger partial charge in [0, 0.05) is 0 Å². The van der Waals surface area contributed by atoms with E-state index in [0.29, 0.717) is 0 Å².